The van der Waals surface area contributed by atoms with Gasteiger partial charge in [-0.15, -0.1) is 0 Å². The summed E-state index contributed by atoms with van der Waals surface area (Å²) >= 11 is 6.57. The maximum Gasteiger partial charge on any atom is 0.338 e. The smallest absolute Gasteiger partial charge is 0.338 e. The van der Waals surface area contributed by atoms with Gasteiger partial charge in [0, 0.05) is 60.5 Å². The molecule has 1 saturated heterocycles. The highest BCUT2D eigenvalue weighted by Gasteiger charge is 2.32. The molecule has 0 spiro atoms. The second-order valence-electron chi connectivity index (χ2n) is 15.3. The number of aromatic nitrogens is 7. The summed E-state index contributed by atoms with van der Waals surface area (Å²) in [4.78, 5) is 33.7. The lowest BCUT2D eigenvalue weighted by atomic mass is 9.83. The molecule has 276 valence electrons. The number of carbonyl (C=O) groups is 1. The van der Waals surface area contributed by atoms with Gasteiger partial charge in [-0.05, 0) is 106 Å². The highest BCUT2D eigenvalue weighted by atomic mass is 35.5. The van der Waals surface area contributed by atoms with Gasteiger partial charge < -0.3 is 14.6 Å². The molecule has 2 aliphatic rings. The fourth-order valence-corrected chi connectivity index (χ4v) is 8.41. The molecule has 1 fully saturated rings. The Morgan fingerprint density at radius 1 is 1.06 bits per heavy atom. The van der Waals surface area contributed by atoms with E-state index in [0.717, 1.165) is 58.4 Å². The zero-order valence-corrected chi connectivity index (χ0v) is 31.5. The van der Waals surface area contributed by atoms with E-state index in [-0.39, 0.29) is 23.7 Å². The normalized spacial score (nSPS) is 17.1. The standard InChI is InChI=1S/C41H40ClFN8O3/c1-23-16-28(17-24(2)36(23)42)51-38(50-14-13-49(40(50)53)35-9-8-34-29(37(35)43)21-44-47(34)5)30-22-48(12-10-32(30)46-51)39(52)33-19-27-18-25(6-7-31(27)45-33)26-11-15-54-41(3,4)20-26/h6-9,13-14,16-19,21,26,45H,10-12,15,20,22H2,1-5H3/t26-/m0/s1. The molecule has 6 heterocycles. The molecule has 0 radical (unpaired) electrons. The Morgan fingerprint density at radius 2 is 1.83 bits per heavy atom. The number of hydrogen-bond donors (Lipinski definition) is 1. The Balaban J connectivity index is 1.10. The van der Waals surface area contributed by atoms with Crippen LogP contribution in [0.1, 0.15) is 71.0 Å². The van der Waals surface area contributed by atoms with E-state index in [2.05, 4.69) is 42.1 Å². The Labute approximate surface area is 315 Å². The molecule has 1 N–H and O–H groups in total. The van der Waals surface area contributed by atoms with Gasteiger partial charge in [0.1, 0.15) is 11.5 Å². The number of fused-ring (bicyclic) bond motifs is 3. The van der Waals surface area contributed by atoms with E-state index in [9.17, 15) is 9.59 Å². The molecule has 0 saturated carbocycles. The number of nitrogens with zero attached hydrogens (tertiary/aromatic N) is 7. The second kappa shape index (κ2) is 12.6. The molecule has 0 unspecified atom stereocenters. The first-order chi connectivity index (χ1) is 25.9. The first-order valence-electron chi connectivity index (χ1n) is 18.2. The Morgan fingerprint density at radius 3 is 2.61 bits per heavy atom. The molecule has 1 amide bonds. The van der Waals surface area contributed by atoms with Crippen LogP contribution in [0.25, 0.3) is 39.0 Å². The summed E-state index contributed by atoms with van der Waals surface area (Å²) in [5.41, 5.74) is 6.70. The van der Waals surface area contributed by atoms with Crippen molar-refractivity contribution in [1.29, 1.82) is 0 Å². The lowest BCUT2D eigenvalue weighted by Gasteiger charge is -2.35. The van der Waals surface area contributed by atoms with Crippen LogP contribution in [0.2, 0.25) is 5.02 Å². The number of halogens is 2. The number of nitrogens with one attached hydrogen (secondary N) is 1. The Hall–Kier alpha value is -5.46. The molecular weight excluding hydrogens is 707 g/mol. The van der Waals surface area contributed by atoms with E-state index in [1.54, 1.807) is 45.8 Å². The van der Waals surface area contributed by atoms with Gasteiger partial charge in [-0.1, -0.05) is 17.7 Å². The van der Waals surface area contributed by atoms with E-state index in [4.69, 9.17) is 21.4 Å². The fraction of sp³-hybridized carbons (Fsp3) is 0.317. The molecule has 0 bridgehead atoms. The van der Waals surface area contributed by atoms with Gasteiger partial charge in [0.05, 0.1) is 46.3 Å². The number of carbonyl (C=O) groups excluding carboxylic acids is 1. The second-order valence-corrected chi connectivity index (χ2v) is 15.7. The molecular formula is C41H40ClFN8O3. The van der Waals surface area contributed by atoms with E-state index < -0.39 is 11.5 Å². The van der Waals surface area contributed by atoms with E-state index >= 15 is 4.39 Å². The number of imidazole rings is 1. The van der Waals surface area contributed by atoms with E-state index in [1.165, 1.54) is 20.9 Å². The molecule has 3 aromatic carbocycles. The maximum absolute atomic E-state index is 15.9. The summed E-state index contributed by atoms with van der Waals surface area (Å²) < 4.78 is 27.9. The topological polar surface area (TPSA) is 108 Å². The average Bonchev–Trinajstić information content (AvgIpc) is 3.93. The minimum absolute atomic E-state index is 0.108. The minimum atomic E-state index is -0.543. The van der Waals surface area contributed by atoms with Crippen molar-refractivity contribution in [3.63, 3.8) is 0 Å². The summed E-state index contributed by atoms with van der Waals surface area (Å²) in [7, 11) is 1.74. The number of benzene rings is 3. The molecule has 7 aromatic rings. The third-order valence-electron chi connectivity index (χ3n) is 11.1. The van der Waals surface area contributed by atoms with Crippen molar-refractivity contribution in [3.05, 3.63) is 122 Å². The van der Waals surface area contributed by atoms with Crippen LogP contribution in [0.5, 0.6) is 0 Å². The minimum Gasteiger partial charge on any atom is -0.376 e. The van der Waals surface area contributed by atoms with Crippen LogP contribution in [0.3, 0.4) is 0 Å². The summed E-state index contributed by atoms with van der Waals surface area (Å²) in [6.07, 6.45) is 7.02. The van der Waals surface area contributed by atoms with Crippen LogP contribution < -0.4 is 5.69 Å². The van der Waals surface area contributed by atoms with Crippen LogP contribution >= 0.6 is 11.6 Å². The lowest BCUT2D eigenvalue weighted by molar-refractivity contribution is -0.0592. The van der Waals surface area contributed by atoms with Crippen LogP contribution in [0, 0.1) is 19.7 Å². The first kappa shape index (κ1) is 34.3. The number of ether oxygens (including phenoxy) is 1. The molecule has 54 heavy (non-hydrogen) atoms. The molecule has 13 heteroatoms. The average molecular weight is 747 g/mol. The van der Waals surface area contributed by atoms with Crippen LogP contribution in [-0.4, -0.2) is 63.2 Å². The monoisotopic (exact) mass is 746 g/mol. The van der Waals surface area contributed by atoms with Crippen molar-refractivity contribution in [3.8, 4) is 17.2 Å². The molecule has 9 rings (SSSR count). The summed E-state index contributed by atoms with van der Waals surface area (Å²) in [5, 5.41) is 11.2. The zero-order chi connectivity index (χ0) is 37.6. The number of amides is 1. The van der Waals surface area contributed by atoms with E-state index in [0.29, 0.717) is 46.3 Å². The maximum atomic E-state index is 15.9. The number of H-pyrrole nitrogens is 1. The highest BCUT2D eigenvalue weighted by Crippen LogP contribution is 2.37. The number of hydrogen-bond acceptors (Lipinski definition) is 5. The number of aromatic amines is 1. The van der Waals surface area contributed by atoms with Crippen molar-refractivity contribution in [2.45, 2.75) is 65.0 Å². The zero-order valence-electron chi connectivity index (χ0n) is 30.8. The van der Waals surface area contributed by atoms with E-state index in [1.807, 2.05) is 32.0 Å². The van der Waals surface area contributed by atoms with Crippen molar-refractivity contribution in [1.82, 2.24) is 38.6 Å². The predicted molar refractivity (Wildman–Crippen MR) is 206 cm³/mol. The van der Waals surface area contributed by atoms with Crippen molar-refractivity contribution in [2.24, 2.45) is 7.05 Å². The lowest BCUT2D eigenvalue weighted by Crippen LogP contribution is -2.36. The molecule has 4 aromatic heterocycles. The van der Waals surface area contributed by atoms with Gasteiger partial charge in [-0.2, -0.15) is 10.2 Å². The Kier molecular flexibility index (Phi) is 7.98. The summed E-state index contributed by atoms with van der Waals surface area (Å²) in [5.74, 6) is 0.192. The van der Waals surface area contributed by atoms with Crippen molar-refractivity contribution >= 4 is 39.3 Å². The quantitative estimate of drug-likeness (QED) is 0.197. The van der Waals surface area contributed by atoms with Crippen molar-refractivity contribution < 1.29 is 13.9 Å². The number of rotatable bonds is 5. The largest absolute Gasteiger partial charge is 0.376 e. The predicted octanol–water partition coefficient (Wildman–Crippen LogP) is 7.46. The van der Waals surface area contributed by atoms with Gasteiger partial charge in [0.25, 0.3) is 5.91 Å². The molecule has 2 aliphatic heterocycles. The van der Waals surface area contributed by atoms with Gasteiger partial charge >= 0.3 is 5.69 Å². The van der Waals surface area contributed by atoms with Crippen LogP contribution in [0.4, 0.5) is 4.39 Å². The third-order valence-corrected chi connectivity index (χ3v) is 11.7. The van der Waals surface area contributed by atoms with Crippen molar-refractivity contribution in [2.75, 3.05) is 13.2 Å². The van der Waals surface area contributed by atoms with Gasteiger partial charge in [0.2, 0.25) is 0 Å². The summed E-state index contributed by atoms with van der Waals surface area (Å²) in [6, 6.07) is 15.5. The van der Waals surface area contributed by atoms with Gasteiger partial charge in [-0.25, -0.2) is 13.9 Å². The SMILES string of the molecule is Cc1cc(-n2nc3c(c2-n2ccn(-c4ccc5c(cnn5C)c4F)c2=O)CN(C(=O)c2cc4cc([C@H]5CCOC(C)(C)C5)ccc4[nH]2)CC3)cc(C)c1Cl. The number of aryl methyl sites for hydroxylation is 3. The molecule has 0 aliphatic carbocycles. The van der Waals surface area contributed by atoms with Crippen LogP contribution in [0.15, 0.2) is 71.9 Å². The Bertz CT molecular complexity index is 2690. The van der Waals surface area contributed by atoms with Gasteiger partial charge in [0.15, 0.2) is 5.82 Å². The summed E-state index contributed by atoms with van der Waals surface area (Å²) in [6.45, 7) is 9.53. The first-order valence-corrected chi connectivity index (χ1v) is 18.6. The highest BCUT2D eigenvalue weighted by molar-refractivity contribution is 6.32. The van der Waals surface area contributed by atoms with Crippen LogP contribution in [-0.2, 0) is 24.8 Å². The third kappa shape index (κ3) is 5.58. The van der Waals surface area contributed by atoms with Gasteiger partial charge in [-0.3, -0.25) is 18.6 Å². The molecule has 11 nitrogen and oxygen atoms in total. The fourth-order valence-electron chi connectivity index (χ4n) is 8.30. The molecule has 1 atom stereocenters.